The molecular weight excluding hydrogens is 280 g/mol. The number of hydrogen-bond acceptors (Lipinski definition) is 2. The second kappa shape index (κ2) is 4.69. The molecule has 3 nitrogen and oxygen atoms in total. The van der Waals surface area contributed by atoms with E-state index in [-0.39, 0.29) is 5.91 Å². The van der Waals surface area contributed by atoms with Gasteiger partial charge in [0.1, 0.15) is 0 Å². The smallest absolute Gasteiger partial charge is 0.223 e. The van der Waals surface area contributed by atoms with E-state index in [9.17, 15) is 4.79 Å². The summed E-state index contributed by atoms with van der Waals surface area (Å²) in [5.41, 5.74) is 10.1. The Balaban J connectivity index is 2.38. The number of halogens is 1. The molecule has 2 rings (SSSR count). The molecule has 0 spiro atoms. The Labute approximate surface area is 110 Å². The van der Waals surface area contributed by atoms with Crippen molar-refractivity contribution < 1.29 is 4.79 Å². The molecule has 92 valence electrons. The van der Waals surface area contributed by atoms with E-state index in [1.807, 2.05) is 6.07 Å². The lowest BCUT2D eigenvalue weighted by atomic mass is 10.0. The van der Waals surface area contributed by atoms with Gasteiger partial charge in [-0.2, -0.15) is 0 Å². The molecular formula is C13H17BrN2O. The van der Waals surface area contributed by atoms with Crippen molar-refractivity contribution in [3.8, 4) is 0 Å². The van der Waals surface area contributed by atoms with E-state index < -0.39 is 0 Å². The summed E-state index contributed by atoms with van der Waals surface area (Å²) < 4.78 is 0. The maximum absolute atomic E-state index is 11.5. The van der Waals surface area contributed by atoms with Crippen LogP contribution in [-0.2, 0) is 17.6 Å². The topological polar surface area (TPSA) is 46.3 Å². The van der Waals surface area contributed by atoms with Crippen molar-refractivity contribution in [3.63, 3.8) is 0 Å². The van der Waals surface area contributed by atoms with Gasteiger partial charge in [-0.15, -0.1) is 0 Å². The molecule has 0 aromatic heterocycles. The summed E-state index contributed by atoms with van der Waals surface area (Å²) in [5.74, 6) is 0.0667. The number of rotatable bonds is 2. The van der Waals surface area contributed by atoms with Crippen molar-refractivity contribution in [3.05, 3.63) is 23.3 Å². The minimum absolute atomic E-state index is 0.0667. The van der Waals surface area contributed by atoms with Gasteiger partial charge in [0, 0.05) is 18.3 Å². The molecule has 4 heteroatoms. The molecule has 0 saturated carbocycles. The van der Waals surface area contributed by atoms with Crippen LogP contribution in [0.2, 0.25) is 0 Å². The van der Waals surface area contributed by atoms with Gasteiger partial charge in [0.05, 0.1) is 11.4 Å². The largest absolute Gasteiger partial charge is 0.397 e. The molecule has 1 aliphatic heterocycles. The van der Waals surface area contributed by atoms with Crippen molar-refractivity contribution in [1.82, 2.24) is 0 Å². The zero-order chi connectivity index (χ0) is 12.6. The number of carbonyl (C=O) groups is 1. The third kappa shape index (κ3) is 2.46. The monoisotopic (exact) mass is 296 g/mol. The van der Waals surface area contributed by atoms with Crippen molar-refractivity contribution >= 4 is 33.2 Å². The summed E-state index contributed by atoms with van der Waals surface area (Å²) in [4.78, 5) is 13.7. The van der Waals surface area contributed by atoms with Gasteiger partial charge in [-0.1, -0.05) is 28.9 Å². The molecule has 0 fully saturated rings. The first-order valence-electron chi connectivity index (χ1n) is 5.82. The van der Waals surface area contributed by atoms with E-state index in [4.69, 9.17) is 5.73 Å². The number of alkyl halides is 1. The predicted molar refractivity (Wildman–Crippen MR) is 74.7 cm³/mol. The SMILES string of the molecule is CC(=O)N1CCc2cc(C[C@@H](C)Br)cc(N)c21. The second-order valence-corrected chi connectivity index (χ2v) is 6.16. The Morgan fingerprint density at radius 2 is 2.29 bits per heavy atom. The van der Waals surface area contributed by atoms with Crippen LogP contribution in [0.3, 0.4) is 0 Å². The molecule has 1 aromatic rings. The van der Waals surface area contributed by atoms with E-state index in [0.717, 1.165) is 30.8 Å². The number of hydrogen-bond donors (Lipinski definition) is 1. The number of anilines is 2. The number of nitrogen functional groups attached to an aromatic ring is 1. The number of carbonyl (C=O) groups excluding carboxylic acids is 1. The fourth-order valence-electron chi connectivity index (χ4n) is 2.41. The standard InChI is InChI=1S/C13H17BrN2O/c1-8(14)5-10-6-11-3-4-16(9(2)17)13(11)12(15)7-10/h6-8H,3-5,15H2,1-2H3/t8-/m1/s1. The molecule has 1 aliphatic rings. The zero-order valence-corrected chi connectivity index (χ0v) is 11.8. The van der Waals surface area contributed by atoms with Crippen LogP contribution in [0.25, 0.3) is 0 Å². The van der Waals surface area contributed by atoms with E-state index in [1.54, 1.807) is 11.8 Å². The number of nitrogens with two attached hydrogens (primary N) is 1. The molecule has 2 N–H and O–H groups in total. The molecule has 1 aromatic carbocycles. The minimum atomic E-state index is 0.0667. The van der Waals surface area contributed by atoms with Crippen LogP contribution in [0.1, 0.15) is 25.0 Å². The van der Waals surface area contributed by atoms with E-state index in [0.29, 0.717) is 4.83 Å². The number of benzene rings is 1. The molecule has 0 saturated heterocycles. The van der Waals surface area contributed by atoms with Crippen molar-refractivity contribution in [2.24, 2.45) is 0 Å². The molecule has 17 heavy (non-hydrogen) atoms. The van der Waals surface area contributed by atoms with Crippen molar-refractivity contribution in [2.45, 2.75) is 31.5 Å². The molecule has 0 aliphatic carbocycles. The summed E-state index contributed by atoms with van der Waals surface area (Å²) in [6.07, 6.45) is 1.86. The Kier molecular flexibility index (Phi) is 3.43. The van der Waals surface area contributed by atoms with Gasteiger partial charge in [0.2, 0.25) is 5.91 Å². The van der Waals surface area contributed by atoms with Crippen LogP contribution in [-0.4, -0.2) is 17.3 Å². The quantitative estimate of drug-likeness (QED) is 0.673. The van der Waals surface area contributed by atoms with Crippen LogP contribution in [0, 0.1) is 0 Å². The fraction of sp³-hybridized carbons (Fsp3) is 0.462. The Morgan fingerprint density at radius 1 is 1.59 bits per heavy atom. The first-order valence-corrected chi connectivity index (χ1v) is 6.74. The molecule has 0 bridgehead atoms. The summed E-state index contributed by atoms with van der Waals surface area (Å²) in [5, 5.41) is 0. The van der Waals surface area contributed by atoms with Crippen molar-refractivity contribution in [2.75, 3.05) is 17.2 Å². The molecule has 0 radical (unpaired) electrons. The summed E-state index contributed by atoms with van der Waals surface area (Å²) >= 11 is 3.55. The Morgan fingerprint density at radius 3 is 2.88 bits per heavy atom. The van der Waals surface area contributed by atoms with Crippen molar-refractivity contribution in [1.29, 1.82) is 0 Å². The van der Waals surface area contributed by atoms with Gasteiger partial charge in [0.15, 0.2) is 0 Å². The normalized spacial score (nSPS) is 15.8. The lowest BCUT2D eigenvalue weighted by Crippen LogP contribution is -2.26. The zero-order valence-electron chi connectivity index (χ0n) is 10.2. The molecule has 1 atom stereocenters. The molecule has 1 amide bonds. The van der Waals surface area contributed by atoms with Gasteiger partial charge in [-0.05, 0) is 30.0 Å². The van der Waals surface area contributed by atoms with Gasteiger partial charge in [-0.25, -0.2) is 0 Å². The van der Waals surface area contributed by atoms with Crippen LogP contribution < -0.4 is 10.6 Å². The van der Waals surface area contributed by atoms with Crippen LogP contribution in [0.15, 0.2) is 12.1 Å². The van der Waals surface area contributed by atoms with E-state index in [2.05, 4.69) is 28.9 Å². The van der Waals surface area contributed by atoms with Gasteiger partial charge in [0.25, 0.3) is 0 Å². The fourth-order valence-corrected chi connectivity index (χ4v) is 2.78. The Hall–Kier alpha value is -1.03. The first-order chi connectivity index (χ1) is 7.99. The number of nitrogens with zero attached hydrogens (tertiary/aromatic N) is 1. The van der Waals surface area contributed by atoms with E-state index >= 15 is 0 Å². The molecule has 0 unspecified atom stereocenters. The maximum Gasteiger partial charge on any atom is 0.223 e. The lowest BCUT2D eigenvalue weighted by molar-refractivity contribution is -0.116. The first kappa shape index (κ1) is 12.4. The second-order valence-electron chi connectivity index (χ2n) is 4.60. The number of amides is 1. The third-order valence-electron chi connectivity index (χ3n) is 3.05. The highest BCUT2D eigenvalue weighted by Crippen LogP contribution is 2.35. The number of fused-ring (bicyclic) bond motifs is 1. The highest BCUT2D eigenvalue weighted by atomic mass is 79.9. The predicted octanol–water partition coefficient (Wildman–Crippen LogP) is 2.50. The summed E-state index contributed by atoms with van der Waals surface area (Å²) in [6.45, 7) is 4.45. The van der Waals surface area contributed by atoms with Gasteiger partial charge in [-0.3, -0.25) is 4.79 Å². The van der Waals surface area contributed by atoms with Crippen LogP contribution in [0.5, 0.6) is 0 Å². The van der Waals surface area contributed by atoms with Crippen LogP contribution >= 0.6 is 15.9 Å². The van der Waals surface area contributed by atoms with Gasteiger partial charge < -0.3 is 10.6 Å². The van der Waals surface area contributed by atoms with Gasteiger partial charge >= 0.3 is 0 Å². The molecule has 1 heterocycles. The lowest BCUT2D eigenvalue weighted by Gasteiger charge is -2.17. The average Bonchev–Trinajstić information content (AvgIpc) is 2.60. The Bertz CT molecular complexity index is 457. The van der Waals surface area contributed by atoms with Crippen LogP contribution in [0.4, 0.5) is 11.4 Å². The summed E-state index contributed by atoms with van der Waals surface area (Å²) in [7, 11) is 0. The highest BCUT2D eigenvalue weighted by molar-refractivity contribution is 9.09. The summed E-state index contributed by atoms with van der Waals surface area (Å²) in [6, 6.07) is 4.16. The highest BCUT2D eigenvalue weighted by Gasteiger charge is 2.25. The minimum Gasteiger partial charge on any atom is -0.397 e. The average molecular weight is 297 g/mol. The van der Waals surface area contributed by atoms with E-state index in [1.165, 1.54) is 11.1 Å². The third-order valence-corrected chi connectivity index (χ3v) is 3.37. The maximum atomic E-state index is 11.5.